The highest BCUT2D eigenvalue weighted by Gasteiger charge is 2.08. The van der Waals surface area contributed by atoms with E-state index in [-0.39, 0.29) is 11.5 Å². The van der Waals surface area contributed by atoms with Crippen LogP contribution in [0.2, 0.25) is 0 Å². The largest absolute Gasteiger partial charge is 0.383 e. The second kappa shape index (κ2) is 9.34. The number of aryl methyl sites for hydroxylation is 1. The highest BCUT2D eigenvalue weighted by atomic mass is 32.2. The van der Waals surface area contributed by atoms with Crippen molar-refractivity contribution in [1.82, 2.24) is 15.1 Å². The summed E-state index contributed by atoms with van der Waals surface area (Å²) in [5, 5.41) is 7.92. The Morgan fingerprint density at radius 3 is 2.46 bits per heavy atom. The molecule has 0 radical (unpaired) electrons. The molecule has 0 aliphatic rings. The number of hydrogen-bond acceptors (Lipinski definition) is 5. The van der Waals surface area contributed by atoms with E-state index in [1.807, 2.05) is 31.2 Å². The van der Waals surface area contributed by atoms with Crippen LogP contribution in [0.4, 0.5) is 0 Å². The van der Waals surface area contributed by atoms with Gasteiger partial charge in [0.1, 0.15) is 5.03 Å². The van der Waals surface area contributed by atoms with Gasteiger partial charge in [0.2, 0.25) is 0 Å². The number of carbonyl (C=O) groups is 1. The summed E-state index contributed by atoms with van der Waals surface area (Å²) in [6, 6.07) is 18.1. The normalized spacial score (nSPS) is 10.6. The van der Waals surface area contributed by atoms with Crippen molar-refractivity contribution in [3.8, 4) is 5.69 Å². The first-order valence-electron chi connectivity index (χ1n) is 8.79. The van der Waals surface area contributed by atoms with Crippen molar-refractivity contribution < 1.29 is 9.53 Å². The molecule has 0 bridgehead atoms. The maximum atomic E-state index is 12.3. The van der Waals surface area contributed by atoms with Crippen LogP contribution in [0.1, 0.15) is 15.9 Å². The SMILES string of the molecule is COCCNC(=O)c1ccc(-n2nc(Sc3ccc(C)cc3)ccc2=O)cc1. The summed E-state index contributed by atoms with van der Waals surface area (Å²) in [4.78, 5) is 25.4. The number of methoxy groups -OCH3 is 1. The minimum absolute atomic E-state index is 0.187. The fraction of sp³-hybridized carbons (Fsp3) is 0.190. The van der Waals surface area contributed by atoms with Gasteiger partial charge in [-0.15, -0.1) is 0 Å². The van der Waals surface area contributed by atoms with E-state index in [0.717, 1.165) is 4.90 Å². The van der Waals surface area contributed by atoms with Gasteiger partial charge in [0.05, 0.1) is 12.3 Å². The molecule has 0 aliphatic heterocycles. The Kier molecular flexibility index (Phi) is 6.62. The van der Waals surface area contributed by atoms with Crippen LogP contribution in [0.5, 0.6) is 0 Å². The molecule has 3 aromatic rings. The summed E-state index contributed by atoms with van der Waals surface area (Å²) in [7, 11) is 1.58. The van der Waals surface area contributed by atoms with Crippen LogP contribution in [0.15, 0.2) is 75.4 Å². The number of nitrogens with one attached hydrogen (secondary N) is 1. The van der Waals surface area contributed by atoms with Crippen LogP contribution in [0.3, 0.4) is 0 Å². The minimum atomic E-state index is -0.231. The fourth-order valence-electron chi connectivity index (χ4n) is 2.48. The van der Waals surface area contributed by atoms with Crippen molar-refractivity contribution in [3.63, 3.8) is 0 Å². The average Bonchev–Trinajstić information content (AvgIpc) is 2.71. The first-order chi connectivity index (χ1) is 13.6. The van der Waals surface area contributed by atoms with Gasteiger partial charge < -0.3 is 10.1 Å². The van der Waals surface area contributed by atoms with Crippen molar-refractivity contribution >= 4 is 17.7 Å². The third-order valence-corrected chi connectivity index (χ3v) is 4.92. The second-order valence-corrected chi connectivity index (χ2v) is 7.23. The van der Waals surface area contributed by atoms with Crippen molar-refractivity contribution in [3.05, 3.63) is 82.1 Å². The van der Waals surface area contributed by atoms with Crippen molar-refractivity contribution in [2.24, 2.45) is 0 Å². The van der Waals surface area contributed by atoms with E-state index in [1.165, 1.54) is 28.1 Å². The Bertz CT molecular complexity index is 999. The molecule has 6 nitrogen and oxygen atoms in total. The van der Waals surface area contributed by atoms with E-state index < -0.39 is 0 Å². The summed E-state index contributed by atoms with van der Waals surface area (Å²) in [5.74, 6) is -0.187. The van der Waals surface area contributed by atoms with Gasteiger partial charge in [-0.3, -0.25) is 9.59 Å². The van der Waals surface area contributed by atoms with Crippen molar-refractivity contribution in [2.75, 3.05) is 20.3 Å². The lowest BCUT2D eigenvalue weighted by molar-refractivity contribution is 0.0937. The molecule has 0 unspecified atom stereocenters. The number of aromatic nitrogens is 2. The molecule has 2 aromatic carbocycles. The van der Waals surface area contributed by atoms with Crippen LogP contribution >= 0.6 is 11.8 Å². The van der Waals surface area contributed by atoms with E-state index in [1.54, 1.807) is 37.4 Å². The number of benzene rings is 2. The third-order valence-electron chi connectivity index (χ3n) is 3.99. The van der Waals surface area contributed by atoms with Gasteiger partial charge in [-0.25, -0.2) is 0 Å². The Morgan fingerprint density at radius 2 is 1.79 bits per heavy atom. The third kappa shape index (κ3) is 5.09. The molecule has 1 N–H and O–H groups in total. The molecular weight excluding hydrogens is 374 g/mol. The first kappa shape index (κ1) is 19.9. The Balaban J connectivity index is 1.78. The summed E-state index contributed by atoms with van der Waals surface area (Å²) in [5.41, 5.74) is 2.07. The summed E-state index contributed by atoms with van der Waals surface area (Å²) in [6.45, 7) is 2.93. The van der Waals surface area contributed by atoms with Crippen LogP contribution < -0.4 is 10.9 Å². The molecule has 1 amide bonds. The predicted octanol–water partition coefficient (Wildman–Crippen LogP) is 3.07. The van der Waals surface area contributed by atoms with Gasteiger partial charge in [-0.1, -0.05) is 29.5 Å². The maximum absolute atomic E-state index is 12.3. The highest BCUT2D eigenvalue weighted by Crippen LogP contribution is 2.25. The summed E-state index contributed by atoms with van der Waals surface area (Å²) in [6.07, 6.45) is 0. The lowest BCUT2D eigenvalue weighted by atomic mass is 10.2. The molecule has 1 heterocycles. The van der Waals surface area contributed by atoms with Crippen LogP contribution in [-0.2, 0) is 4.74 Å². The molecule has 3 rings (SSSR count). The van der Waals surface area contributed by atoms with Crippen LogP contribution in [0, 0.1) is 6.92 Å². The van der Waals surface area contributed by atoms with E-state index in [4.69, 9.17) is 4.74 Å². The van der Waals surface area contributed by atoms with Crippen molar-refractivity contribution in [2.45, 2.75) is 16.8 Å². The molecule has 0 saturated carbocycles. The molecule has 28 heavy (non-hydrogen) atoms. The zero-order chi connectivity index (χ0) is 19.9. The number of ether oxygens (including phenoxy) is 1. The maximum Gasteiger partial charge on any atom is 0.271 e. The number of nitrogens with zero attached hydrogens (tertiary/aromatic N) is 2. The molecule has 0 atom stereocenters. The van der Waals surface area contributed by atoms with Gasteiger partial charge in [-0.2, -0.15) is 9.78 Å². The smallest absolute Gasteiger partial charge is 0.271 e. The van der Waals surface area contributed by atoms with Gasteiger partial charge >= 0.3 is 0 Å². The van der Waals surface area contributed by atoms with E-state index in [2.05, 4.69) is 10.4 Å². The fourth-order valence-corrected chi connectivity index (χ4v) is 3.26. The van der Waals surface area contributed by atoms with E-state index >= 15 is 0 Å². The number of hydrogen-bond donors (Lipinski definition) is 1. The molecular formula is C21H21N3O3S. The summed E-state index contributed by atoms with van der Waals surface area (Å²) < 4.78 is 6.25. The Hall–Kier alpha value is -2.90. The van der Waals surface area contributed by atoms with Gasteiger partial charge in [-0.05, 0) is 49.4 Å². The molecule has 0 spiro atoms. The van der Waals surface area contributed by atoms with Gasteiger partial charge in [0.25, 0.3) is 11.5 Å². The van der Waals surface area contributed by atoms with Gasteiger partial charge in [0.15, 0.2) is 0 Å². The molecule has 0 saturated heterocycles. The lowest BCUT2D eigenvalue weighted by Crippen LogP contribution is -2.27. The number of rotatable bonds is 7. The van der Waals surface area contributed by atoms with Crippen LogP contribution in [0.25, 0.3) is 5.69 Å². The van der Waals surface area contributed by atoms with Gasteiger partial charge in [0, 0.05) is 30.2 Å². The second-order valence-electron chi connectivity index (χ2n) is 6.13. The Morgan fingerprint density at radius 1 is 1.07 bits per heavy atom. The average molecular weight is 395 g/mol. The first-order valence-corrected chi connectivity index (χ1v) is 9.61. The molecule has 1 aromatic heterocycles. The zero-order valence-corrected chi connectivity index (χ0v) is 16.5. The lowest BCUT2D eigenvalue weighted by Gasteiger charge is -2.08. The molecule has 0 fully saturated rings. The van der Waals surface area contributed by atoms with Crippen LogP contribution in [-0.4, -0.2) is 35.9 Å². The summed E-state index contributed by atoms with van der Waals surface area (Å²) >= 11 is 1.49. The zero-order valence-electron chi connectivity index (χ0n) is 15.7. The van der Waals surface area contributed by atoms with E-state index in [0.29, 0.717) is 29.4 Å². The molecule has 144 valence electrons. The minimum Gasteiger partial charge on any atom is -0.383 e. The molecule has 7 heteroatoms. The number of carbonyl (C=O) groups excluding carboxylic acids is 1. The standard InChI is InChI=1S/C21H21N3O3S/c1-15-3-9-18(10-4-15)28-19-11-12-20(25)24(23-19)17-7-5-16(6-8-17)21(26)22-13-14-27-2/h3-12H,13-14H2,1-2H3,(H,22,26). The molecule has 0 aliphatic carbocycles. The Labute approximate surface area is 167 Å². The van der Waals surface area contributed by atoms with E-state index in [9.17, 15) is 9.59 Å². The quantitative estimate of drug-likeness (QED) is 0.623. The van der Waals surface area contributed by atoms with Crippen molar-refractivity contribution in [1.29, 1.82) is 0 Å². The number of amides is 1. The monoisotopic (exact) mass is 395 g/mol. The predicted molar refractivity (Wildman–Crippen MR) is 109 cm³/mol. The topological polar surface area (TPSA) is 73.2 Å². The highest BCUT2D eigenvalue weighted by molar-refractivity contribution is 7.99.